The first-order valence-electron chi connectivity index (χ1n) is 6.10. The van der Waals surface area contributed by atoms with Crippen LogP contribution in [0.25, 0.3) is 0 Å². The van der Waals surface area contributed by atoms with Crippen LogP contribution >= 0.6 is 0 Å². The number of anilines is 2. The SMILES string of the molecule is Nc1ccc(CCC(N)c2ccc(N)cc2)cc1. The molecule has 0 bridgehead atoms. The molecule has 18 heavy (non-hydrogen) atoms. The first kappa shape index (κ1) is 12.5. The van der Waals surface area contributed by atoms with Crippen LogP contribution in [-0.4, -0.2) is 0 Å². The summed E-state index contributed by atoms with van der Waals surface area (Å²) in [5.41, 5.74) is 21.4. The Bertz CT molecular complexity index is 488. The largest absolute Gasteiger partial charge is 0.399 e. The normalized spacial score (nSPS) is 12.3. The molecular weight excluding hydrogens is 222 g/mol. The average Bonchev–Trinajstić information content (AvgIpc) is 2.38. The summed E-state index contributed by atoms with van der Waals surface area (Å²) >= 11 is 0. The molecule has 2 aromatic carbocycles. The zero-order chi connectivity index (χ0) is 13.0. The van der Waals surface area contributed by atoms with Gasteiger partial charge in [-0.3, -0.25) is 0 Å². The van der Waals surface area contributed by atoms with Crippen LogP contribution < -0.4 is 17.2 Å². The van der Waals surface area contributed by atoms with E-state index in [1.165, 1.54) is 5.56 Å². The molecule has 0 aliphatic carbocycles. The second kappa shape index (κ2) is 5.56. The summed E-state index contributed by atoms with van der Waals surface area (Å²) < 4.78 is 0. The third-order valence-corrected chi connectivity index (χ3v) is 3.09. The maximum atomic E-state index is 6.16. The second-order valence-corrected chi connectivity index (χ2v) is 4.55. The summed E-state index contributed by atoms with van der Waals surface area (Å²) in [6, 6.07) is 15.7. The minimum Gasteiger partial charge on any atom is -0.399 e. The van der Waals surface area contributed by atoms with Crippen LogP contribution in [0.15, 0.2) is 48.5 Å². The van der Waals surface area contributed by atoms with E-state index in [1.54, 1.807) is 0 Å². The van der Waals surface area contributed by atoms with Crippen molar-refractivity contribution in [2.24, 2.45) is 5.73 Å². The van der Waals surface area contributed by atoms with Crippen LogP contribution in [0.5, 0.6) is 0 Å². The predicted molar refractivity (Wildman–Crippen MR) is 77.0 cm³/mol. The van der Waals surface area contributed by atoms with Crippen LogP contribution in [0.3, 0.4) is 0 Å². The quantitative estimate of drug-likeness (QED) is 0.720. The molecule has 0 fully saturated rings. The molecule has 2 rings (SSSR count). The lowest BCUT2D eigenvalue weighted by atomic mass is 9.99. The molecule has 6 N–H and O–H groups in total. The highest BCUT2D eigenvalue weighted by molar-refractivity contribution is 5.41. The van der Waals surface area contributed by atoms with Crippen molar-refractivity contribution in [1.29, 1.82) is 0 Å². The minimum atomic E-state index is 0.0446. The van der Waals surface area contributed by atoms with Crippen molar-refractivity contribution in [3.63, 3.8) is 0 Å². The van der Waals surface area contributed by atoms with Crippen molar-refractivity contribution in [3.05, 3.63) is 59.7 Å². The lowest BCUT2D eigenvalue weighted by molar-refractivity contribution is 0.651. The van der Waals surface area contributed by atoms with Gasteiger partial charge in [-0.1, -0.05) is 24.3 Å². The van der Waals surface area contributed by atoms with E-state index >= 15 is 0 Å². The van der Waals surface area contributed by atoms with Crippen molar-refractivity contribution in [2.75, 3.05) is 11.5 Å². The Labute approximate surface area is 108 Å². The van der Waals surface area contributed by atoms with E-state index in [1.807, 2.05) is 48.5 Å². The summed E-state index contributed by atoms with van der Waals surface area (Å²) in [6.07, 6.45) is 1.86. The van der Waals surface area contributed by atoms with E-state index in [4.69, 9.17) is 17.2 Å². The number of nitrogens with two attached hydrogens (primary N) is 3. The Hall–Kier alpha value is -2.00. The maximum Gasteiger partial charge on any atom is 0.0314 e. The maximum absolute atomic E-state index is 6.16. The molecule has 0 aliphatic rings. The Morgan fingerprint density at radius 3 is 1.83 bits per heavy atom. The molecule has 0 saturated carbocycles. The summed E-state index contributed by atoms with van der Waals surface area (Å²) in [7, 11) is 0. The highest BCUT2D eigenvalue weighted by atomic mass is 14.6. The van der Waals surface area contributed by atoms with Gasteiger partial charge < -0.3 is 17.2 Å². The molecule has 0 aromatic heterocycles. The molecule has 0 heterocycles. The number of benzene rings is 2. The monoisotopic (exact) mass is 241 g/mol. The topological polar surface area (TPSA) is 78.1 Å². The van der Waals surface area contributed by atoms with Gasteiger partial charge in [0.1, 0.15) is 0 Å². The summed E-state index contributed by atoms with van der Waals surface area (Å²) in [4.78, 5) is 0. The molecule has 0 aliphatic heterocycles. The van der Waals surface area contributed by atoms with Gasteiger partial charge in [-0.05, 0) is 48.2 Å². The van der Waals surface area contributed by atoms with E-state index in [-0.39, 0.29) is 6.04 Å². The van der Waals surface area contributed by atoms with E-state index in [9.17, 15) is 0 Å². The highest BCUT2D eigenvalue weighted by Gasteiger charge is 2.05. The molecule has 1 unspecified atom stereocenters. The standard InChI is InChI=1S/C15H19N3/c16-13-6-1-11(2-7-13)3-10-15(18)12-4-8-14(17)9-5-12/h1-2,4-9,15H,3,10,16-18H2. The Morgan fingerprint density at radius 2 is 1.28 bits per heavy atom. The fourth-order valence-electron chi connectivity index (χ4n) is 1.92. The van der Waals surface area contributed by atoms with Crippen molar-refractivity contribution in [3.8, 4) is 0 Å². The third-order valence-electron chi connectivity index (χ3n) is 3.09. The zero-order valence-electron chi connectivity index (χ0n) is 10.3. The van der Waals surface area contributed by atoms with Gasteiger partial charge in [0.05, 0.1) is 0 Å². The molecule has 1 atom stereocenters. The first-order chi connectivity index (χ1) is 8.65. The number of aryl methyl sites for hydroxylation is 1. The average molecular weight is 241 g/mol. The fourth-order valence-corrected chi connectivity index (χ4v) is 1.92. The Balaban J connectivity index is 1.93. The Morgan fingerprint density at radius 1 is 0.778 bits per heavy atom. The fraction of sp³-hybridized carbons (Fsp3) is 0.200. The van der Waals surface area contributed by atoms with E-state index in [2.05, 4.69) is 0 Å². The summed E-state index contributed by atoms with van der Waals surface area (Å²) in [5.74, 6) is 0. The van der Waals surface area contributed by atoms with Crippen LogP contribution in [0.1, 0.15) is 23.6 Å². The Kier molecular flexibility index (Phi) is 3.85. The van der Waals surface area contributed by atoms with Crippen LogP contribution in [-0.2, 0) is 6.42 Å². The molecule has 0 spiro atoms. The zero-order valence-corrected chi connectivity index (χ0v) is 10.3. The van der Waals surface area contributed by atoms with Crippen LogP contribution in [0.4, 0.5) is 11.4 Å². The lowest BCUT2D eigenvalue weighted by Crippen LogP contribution is -2.11. The van der Waals surface area contributed by atoms with Gasteiger partial charge in [0, 0.05) is 17.4 Å². The number of hydrogen-bond donors (Lipinski definition) is 3. The molecule has 2 aromatic rings. The van der Waals surface area contributed by atoms with Gasteiger partial charge in [-0.15, -0.1) is 0 Å². The highest BCUT2D eigenvalue weighted by Crippen LogP contribution is 2.18. The number of nitrogen functional groups attached to an aromatic ring is 2. The van der Waals surface area contributed by atoms with E-state index in [0.717, 1.165) is 29.8 Å². The predicted octanol–water partition coefficient (Wildman–Crippen LogP) is 2.48. The van der Waals surface area contributed by atoms with Crippen molar-refractivity contribution in [1.82, 2.24) is 0 Å². The number of hydrogen-bond acceptors (Lipinski definition) is 3. The molecule has 0 saturated heterocycles. The van der Waals surface area contributed by atoms with E-state index in [0.29, 0.717) is 0 Å². The van der Waals surface area contributed by atoms with Gasteiger partial charge in [0.15, 0.2) is 0 Å². The molecule has 3 heteroatoms. The lowest BCUT2D eigenvalue weighted by Gasteiger charge is -2.12. The minimum absolute atomic E-state index is 0.0446. The second-order valence-electron chi connectivity index (χ2n) is 4.55. The van der Waals surface area contributed by atoms with E-state index < -0.39 is 0 Å². The summed E-state index contributed by atoms with van der Waals surface area (Å²) in [6.45, 7) is 0. The third kappa shape index (κ3) is 3.25. The molecule has 0 radical (unpaired) electrons. The van der Waals surface area contributed by atoms with Gasteiger partial charge in [0.2, 0.25) is 0 Å². The van der Waals surface area contributed by atoms with Gasteiger partial charge in [-0.25, -0.2) is 0 Å². The number of rotatable bonds is 4. The van der Waals surface area contributed by atoms with Crippen LogP contribution in [0.2, 0.25) is 0 Å². The van der Waals surface area contributed by atoms with Crippen molar-refractivity contribution < 1.29 is 0 Å². The molecule has 0 amide bonds. The molecule has 3 nitrogen and oxygen atoms in total. The van der Waals surface area contributed by atoms with Crippen molar-refractivity contribution >= 4 is 11.4 Å². The first-order valence-corrected chi connectivity index (χ1v) is 6.10. The van der Waals surface area contributed by atoms with Gasteiger partial charge in [0.25, 0.3) is 0 Å². The van der Waals surface area contributed by atoms with Crippen LogP contribution in [0, 0.1) is 0 Å². The molecule has 94 valence electrons. The van der Waals surface area contributed by atoms with Crippen molar-refractivity contribution in [2.45, 2.75) is 18.9 Å². The molecular formula is C15H19N3. The van der Waals surface area contributed by atoms with Gasteiger partial charge >= 0.3 is 0 Å². The smallest absolute Gasteiger partial charge is 0.0314 e. The summed E-state index contributed by atoms with van der Waals surface area (Å²) in [5, 5.41) is 0. The van der Waals surface area contributed by atoms with Gasteiger partial charge in [-0.2, -0.15) is 0 Å².